The topological polar surface area (TPSA) is 66.9 Å². The highest BCUT2D eigenvalue weighted by atomic mass is 16.2. The minimum absolute atomic E-state index is 0.00922. The molecule has 0 fully saturated rings. The second-order valence-electron chi connectivity index (χ2n) is 5.55. The highest BCUT2D eigenvalue weighted by Crippen LogP contribution is 2.10. The number of H-pyrrole nitrogens is 1. The van der Waals surface area contributed by atoms with Crippen LogP contribution in [0.3, 0.4) is 0 Å². The van der Waals surface area contributed by atoms with Crippen molar-refractivity contribution in [3.63, 3.8) is 0 Å². The molecule has 1 unspecified atom stereocenters. The Hall–Kier alpha value is -1.52. The van der Waals surface area contributed by atoms with Crippen LogP contribution >= 0.6 is 0 Å². The van der Waals surface area contributed by atoms with E-state index in [1.54, 1.807) is 7.05 Å². The third kappa shape index (κ3) is 4.54. The van der Waals surface area contributed by atoms with Gasteiger partial charge in [-0.1, -0.05) is 39.5 Å². The molecule has 0 aliphatic rings. The fraction of sp³-hybridized carbons (Fsp3) is 0.733. The lowest BCUT2D eigenvalue weighted by molar-refractivity contribution is -0.124. The number of hydrogen-bond donors (Lipinski definition) is 2. The van der Waals surface area contributed by atoms with Gasteiger partial charge in [-0.25, -0.2) is 0 Å². The highest BCUT2D eigenvalue weighted by molar-refractivity contribution is 5.78. The van der Waals surface area contributed by atoms with Gasteiger partial charge in [0, 0.05) is 18.7 Å². The number of nitrogens with one attached hydrogen (secondary N) is 2. The molecule has 0 saturated carbocycles. The average Bonchev–Trinajstić information content (AvgIpc) is 2.65. The fourth-order valence-corrected chi connectivity index (χ4v) is 2.30. The predicted molar refractivity (Wildman–Crippen MR) is 80.5 cm³/mol. The number of rotatable bonds is 8. The molecule has 1 rings (SSSR count). The van der Waals surface area contributed by atoms with Gasteiger partial charge in [0.05, 0.1) is 12.1 Å². The Bertz CT molecular complexity index is 488. The van der Waals surface area contributed by atoms with Crippen molar-refractivity contribution in [1.82, 2.24) is 15.1 Å². The number of hydrogen-bond acceptors (Lipinski definition) is 2. The maximum absolute atomic E-state index is 12.0. The zero-order valence-corrected chi connectivity index (χ0v) is 13.1. The van der Waals surface area contributed by atoms with Crippen molar-refractivity contribution in [3.8, 4) is 0 Å². The van der Waals surface area contributed by atoms with Crippen molar-refractivity contribution < 1.29 is 4.79 Å². The number of aryl methyl sites for hydroxylation is 2. The quantitative estimate of drug-likeness (QED) is 0.718. The number of carbonyl (C=O) groups excluding carboxylic acids is 1. The first-order valence-electron chi connectivity index (χ1n) is 7.49. The van der Waals surface area contributed by atoms with E-state index in [0.29, 0.717) is 12.1 Å². The molecule has 1 heterocycles. The van der Waals surface area contributed by atoms with Crippen molar-refractivity contribution in [2.45, 2.75) is 59.4 Å². The fourth-order valence-electron chi connectivity index (χ4n) is 2.30. The lowest BCUT2D eigenvalue weighted by atomic mass is 10.0. The zero-order chi connectivity index (χ0) is 15.1. The van der Waals surface area contributed by atoms with Crippen LogP contribution in [0.15, 0.2) is 4.79 Å². The number of carbonyl (C=O) groups is 1. The minimum atomic E-state index is -0.0709. The Kier molecular flexibility index (Phi) is 6.55. The SMILES string of the molecule is CCCCCCC(C)C(=O)NCc1c(C)[nH]n(C)c1=O. The second kappa shape index (κ2) is 7.92. The summed E-state index contributed by atoms with van der Waals surface area (Å²) in [5.74, 6) is 0.0408. The molecular weight excluding hydrogens is 254 g/mol. The van der Waals surface area contributed by atoms with Gasteiger partial charge >= 0.3 is 0 Å². The van der Waals surface area contributed by atoms with Crippen LogP contribution in [0.4, 0.5) is 0 Å². The molecule has 0 aromatic carbocycles. The zero-order valence-electron chi connectivity index (χ0n) is 13.1. The molecule has 1 aromatic heterocycles. The Morgan fingerprint density at radius 3 is 2.60 bits per heavy atom. The standard InChI is InChI=1S/C15H27N3O2/c1-5-6-7-8-9-11(2)14(19)16-10-13-12(3)17-18(4)15(13)20/h11,17H,5-10H2,1-4H3,(H,16,19). The van der Waals surface area contributed by atoms with Crippen LogP contribution in [0.2, 0.25) is 0 Å². The highest BCUT2D eigenvalue weighted by Gasteiger charge is 2.14. The van der Waals surface area contributed by atoms with Gasteiger partial charge in [0.1, 0.15) is 0 Å². The predicted octanol–water partition coefficient (Wildman–Crippen LogP) is 2.24. The summed E-state index contributed by atoms with van der Waals surface area (Å²) in [6.45, 7) is 6.27. The van der Waals surface area contributed by atoms with Crippen LogP contribution in [0.1, 0.15) is 57.2 Å². The van der Waals surface area contributed by atoms with Crippen LogP contribution in [-0.2, 0) is 18.4 Å². The van der Waals surface area contributed by atoms with Crippen molar-refractivity contribution in [2.24, 2.45) is 13.0 Å². The van der Waals surface area contributed by atoms with Crippen molar-refractivity contribution in [1.29, 1.82) is 0 Å². The molecule has 2 N–H and O–H groups in total. The van der Waals surface area contributed by atoms with Crippen molar-refractivity contribution >= 4 is 5.91 Å². The van der Waals surface area contributed by atoms with E-state index in [2.05, 4.69) is 17.3 Å². The summed E-state index contributed by atoms with van der Waals surface area (Å²) in [6, 6.07) is 0. The largest absolute Gasteiger partial charge is 0.352 e. The van der Waals surface area contributed by atoms with E-state index in [9.17, 15) is 9.59 Å². The monoisotopic (exact) mass is 281 g/mol. The van der Waals surface area contributed by atoms with Crippen LogP contribution in [0, 0.1) is 12.8 Å². The summed E-state index contributed by atoms with van der Waals surface area (Å²) < 4.78 is 1.44. The number of unbranched alkanes of at least 4 members (excludes halogenated alkanes) is 3. The third-order valence-electron chi connectivity index (χ3n) is 3.73. The van der Waals surface area contributed by atoms with E-state index in [1.807, 2.05) is 13.8 Å². The molecule has 0 aliphatic heterocycles. The van der Waals surface area contributed by atoms with Crippen LogP contribution in [-0.4, -0.2) is 15.7 Å². The molecule has 5 nitrogen and oxygen atoms in total. The lowest BCUT2D eigenvalue weighted by Crippen LogP contribution is -2.31. The Morgan fingerprint density at radius 2 is 2.05 bits per heavy atom. The van der Waals surface area contributed by atoms with Gasteiger partial charge in [0.15, 0.2) is 0 Å². The molecule has 0 aliphatic carbocycles. The third-order valence-corrected chi connectivity index (χ3v) is 3.73. The molecular formula is C15H27N3O2. The maximum Gasteiger partial charge on any atom is 0.271 e. The van der Waals surface area contributed by atoms with Crippen molar-refractivity contribution in [2.75, 3.05) is 0 Å². The van der Waals surface area contributed by atoms with E-state index in [0.717, 1.165) is 18.5 Å². The van der Waals surface area contributed by atoms with Gasteiger partial charge in [-0.05, 0) is 13.3 Å². The van der Waals surface area contributed by atoms with E-state index in [4.69, 9.17) is 0 Å². The average molecular weight is 281 g/mol. The van der Waals surface area contributed by atoms with Gasteiger partial charge in [-0.2, -0.15) is 0 Å². The van der Waals surface area contributed by atoms with E-state index in [1.165, 1.54) is 23.9 Å². The molecule has 1 atom stereocenters. The first kappa shape index (κ1) is 16.5. The first-order chi connectivity index (χ1) is 9.47. The Balaban J connectivity index is 2.40. The molecule has 1 aromatic rings. The molecule has 0 spiro atoms. The lowest BCUT2D eigenvalue weighted by Gasteiger charge is -2.11. The summed E-state index contributed by atoms with van der Waals surface area (Å²) in [6.07, 6.45) is 5.62. The second-order valence-corrected chi connectivity index (χ2v) is 5.55. The molecule has 0 radical (unpaired) electrons. The van der Waals surface area contributed by atoms with Crippen LogP contribution < -0.4 is 10.9 Å². The summed E-state index contributed by atoms with van der Waals surface area (Å²) >= 11 is 0. The van der Waals surface area contributed by atoms with Crippen molar-refractivity contribution in [3.05, 3.63) is 21.6 Å². The van der Waals surface area contributed by atoms with Crippen LogP contribution in [0.25, 0.3) is 0 Å². The first-order valence-corrected chi connectivity index (χ1v) is 7.49. The Labute approximate surface area is 120 Å². The Morgan fingerprint density at radius 1 is 1.35 bits per heavy atom. The van der Waals surface area contributed by atoms with E-state index >= 15 is 0 Å². The summed E-state index contributed by atoms with van der Waals surface area (Å²) in [5, 5.41) is 5.79. The molecule has 0 saturated heterocycles. The molecule has 0 bridgehead atoms. The van der Waals surface area contributed by atoms with Gasteiger partial charge in [-0.15, -0.1) is 0 Å². The van der Waals surface area contributed by atoms with Gasteiger partial charge < -0.3 is 5.32 Å². The van der Waals surface area contributed by atoms with E-state index in [-0.39, 0.29) is 17.4 Å². The summed E-state index contributed by atoms with van der Waals surface area (Å²) in [4.78, 5) is 23.8. The summed E-state index contributed by atoms with van der Waals surface area (Å²) in [5.41, 5.74) is 1.38. The summed E-state index contributed by atoms with van der Waals surface area (Å²) in [7, 11) is 1.68. The number of aromatic nitrogens is 2. The number of aromatic amines is 1. The molecule has 114 valence electrons. The molecule has 20 heavy (non-hydrogen) atoms. The maximum atomic E-state index is 12.0. The smallest absolute Gasteiger partial charge is 0.271 e. The normalized spacial score (nSPS) is 12.4. The van der Waals surface area contributed by atoms with Crippen LogP contribution in [0.5, 0.6) is 0 Å². The minimum Gasteiger partial charge on any atom is -0.352 e. The van der Waals surface area contributed by atoms with E-state index < -0.39 is 0 Å². The number of nitrogens with zero attached hydrogens (tertiary/aromatic N) is 1. The molecule has 1 amide bonds. The molecule has 5 heteroatoms. The number of amides is 1. The van der Waals surface area contributed by atoms with Gasteiger partial charge in [0.25, 0.3) is 5.56 Å². The van der Waals surface area contributed by atoms with Gasteiger partial charge in [-0.3, -0.25) is 19.4 Å². The van der Waals surface area contributed by atoms with Gasteiger partial charge in [0.2, 0.25) is 5.91 Å².